The molecule has 0 rings (SSSR count). The van der Waals surface area contributed by atoms with Crippen LogP contribution in [0, 0.1) is 0 Å². The Morgan fingerprint density at radius 2 is 2.14 bits per heavy atom. The van der Waals surface area contributed by atoms with E-state index < -0.39 is 24.8 Å². The summed E-state index contributed by atoms with van der Waals surface area (Å²) >= 11 is 0. The second-order valence-electron chi connectivity index (χ2n) is 2.84. The van der Waals surface area contributed by atoms with Crippen LogP contribution in [-0.2, 0) is 14.3 Å². The quantitative estimate of drug-likeness (QED) is 0.598. The van der Waals surface area contributed by atoms with Crippen molar-refractivity contribution in [2.45, 2.75) is 25.5 Å². The third-order valence-electron chi connectivity index (χ3n) is 1.66. The number of carboxylic acid groups (broad SMARTS) is 1. The third kappa shape index (κ3) is 4.88. The van der Waals surface area contributed by atoms with Crippen LogP contribution in [0.25, 0.3) is 0 Å². The minimum Gasteiger partial charge on any atom is -0.479 e. The number of ketones is 1. The second-order valence-corrected chi connectivity index (χ2v) is 2.84. The van der Waals surface area contributed by atoms with Gasteiger partial charge in [0.1, 0.15) is 12.5 Å². The first-order valence-electron chi connectivity index (χ1n) is 4.15. The van der Waals surface area contributed by atoms with Gasteiger partial charge in [-0.05, 0) is 6.92 Å². The maximum absolute atomic E-state index is 11.7. The highest BCUT2D eigenvalue weighted by atomic mass is 18.2. The molecule has 0 aromatic rings. The summed E-state index contributed by atoms with van der Waals surface area (Å²) in [5.74, 6) is -1.56. The normalized spacial score (nSPS) is 14.8. The molecule has 0 saturated heterocycles. The summed E-state index contributed by atoms with van der Waals surface area (Å²) in [6.45, 7) is 0.194. The van der Waals surface area contributed by atoms with E-state index in [1.807, 2.05) is 0 Å². The van der Waals surface area contributed by atoms with Crippen LogP contribution in [0.15, 0.2) is 0 Å². The van der Waals surface area contributed by atoms with Gasteiger partial charge in [0.05, 0.1) is 12.6 Å². The monoisotopic (exact) mass is 206 g/mol. The summed E-state index contributed by atoms with van der Waals surface area (Å²) in [7, 11) is 0. The lowest BCUT2D eigenvalue weighted by Gasteiger charge is -2.15. The molecule has 2 atom stereocenters. The summed E-state index contributed by atoms with van der Waals surface area (Å²) in [5, 5.41) is 8.62. The summed E-state index contributed by atoms with van der Waals surface area (Å²) < 4.78 is 16.4. The van der Waals surface area contributed by atoms with Crippen molar-refractivity contribution < 1.29 is 23.8 Å². The number of halogens is 1. The number of carbonyl (C=O) groups excluding carboxylic acids is 1. The standard InChI is InChI=1S/C8H14FNO4/c1-5(11)6(10)4-7(8(12)13)14-3-2-9/h6-7H,2-4,10H2,1H3,(H,12,13)/i9-1. The average Bonchev–Trinajstić information content (AvgIpc) is 2.10. The van der Waals surface area contributed by atoms with Gasteiger partial charge in [-0.3, -0.25) is 4.79 Å². The van der Waals surface area contributed by atoms with Gasteiger partial charge in [0.2, 0.25) is 0 Å². The SMILES string of the molecule is CC(=O)C(N)CC(OCC[18F])C(=O)O. The van der Waals surface area contributed by atoms with Gasteiger partial charge in [0.15, 0.2) is 6.10 Å². The maximum atomic E-state index is 11.7. The van der Waals surface area contributed by atoms with Crippen molar-refractivity contribution in [2.75, 3.05) is 13.3 Å². The Morgan fingerprint density at radius 3 is 2.50 bits per heavy atom. The molecule has 6 heteroatoms. The first kappa shape index (κ1) is 13.0. The van der Waals surface area contributed by atoms with E-state index in [4.69, 9.17) is 10.8 Å². The van der Waals surface area contributed by atoms with Crippen molar-refractivity contribution in [2.24, 2.45) is 5.73 Å². The molecule has 82 valence electrons. The molecule has 0 bridgehead atoms. The second kappa shape index (κ2) is 6.44. The number of nitrogens with two attached hydrogens (primary N) is 1. The lowest BCUT2D eigenvalue weighted by molar-refractivity contribution is -0.151. The lowest BCUT2D eigenvalue weighted by atomic mass is 10.1. The van der Waals surface area contributed by atoms with E-state index in [9.17, 15) is 14.0 Å². The molecule has 0 aromatic heterocycles. The van der Waals surface area contributed by atoms with Crippen LogP contribution in [0.3, 0.4) is 0 Å². The zero-order chi connectivity index (χ0) is 11.1. The Kier molecular flexibility index (Phi) is 5.98. The van der Waals surface area contributed by atoms with Gasteiger partial charge in [-0.1, -0.05) is 0 Å². The van der Waals surface area contributed by atoms with Crippen LogP contribution in [0.1, 0.15) is 13.3 Å². The molecule has 0 aliphatic carbocycles. The van der Waals surface area contributed by atoms with E-state index in [2.05, 4.69) is 4.74 Å². The van der Waals surface area contributed by atoms with Crippen molar-refractivity contribution in [3.63, 3.8) is 0 Å². The predicted octanol–water partition coefficient (Wildman–Crippen LogP) is -0.268. The molecule has 3 N–H and O–H groups in total. The number of alkyl halides is 1. The molecule has 0 amide bonds. The Hall–Kier alpha value is -1.01. The third-order valence-corrected chi connectivity index (χ3v) is 1.66. The molecule has 0 radical (unpaired) electrons. The molecule has 0 spiro atoms. The van der Waals surface area contributed by atoms with Gasteiger partial charge in [-0.15, -0.1) is 0 Å². The van der Waals surface area contributed by atoms with E-state index in [-0.39, 0.29) is 18.8 Å². The highest BCUT2D eigenvalue weighted by Crippen LogP contribution is 2.03. The molecule has 0 saturated carbocycles. The zero-order valence-electron chi connectivity index (χ0n) is 7.90. The van der Waals surface area contributed by atoms with Crippen LogP contribution < -0.4 is 5.73 Å². The van der Waals surface area contributed by atoms with Crippen LogP contribution in [-0.4, -0.2) is 42.3 Å². The summed E-state index contributed by atoms with van der Waals surface area (Å²) in [5.41, 5.74) is 5.34. The highest BCUT2D eigenvalue weighted by molar-refractivity contribution is 5.82. The Bertz CT molecular complexity index is 210. The number of carbonyl (C=O) groups is 2. The van der Waals surface area contributed by atoms with Crippen molar-refractivity contribution in [3.05, 3.63) is 0 Å². The Balaban J connectivity index is 4.08. The first-order chi connectivity index (χ1) is 6.49. The molecule has 0 aliphatic heterocycles. The largest absolute Gasteiger partial charge is 0.479 e. The van der Waals surface area contributed by atoms with E-state index in [1.54, 1.807) is 0 Å². The summed E-state index contributed by atoms with van der Waals surface area (Å²) in [4.78, 5) is 21.3. The van der Waals surface area contributed by atoms with Crippen LogP contribution >= 0.6 is 0 Å². The van der Waals surface area contributed by atoms with Crippen molar-refractivity contribution in [3.8, 4) is 0 Å². The molecule has 5 nitrogen and oxygen atoms in total. The molecular formula is C8H14FNO4. The van der Waals surface area contributed by atoms with E-state index in [1.165, 1.54) is 6.92 Å². The molecule has 0 heterocycles. The maximum Gasteiger partial charge on any atom is 0.332 e. The number of carboxylic acids is 1. The zero-order valence-corrected chi connectivity index (χ0v) is 7.90. The van der Waals surface area contributed by atoms with Crippen molar-refractivity contribution in [1.82, 2.24) is 0 Å². The molecule has 0 aliphatic rings. The van der Waals surface area contributed by atoms with E-state index in [0.29, 0.717) is 0 Å². The molecule has 14 heavy (non-hydrogen) atoms. The minimum absolute atomic E-state index is 0.134. The van der Waals surface area contributed by atoms with Crippen molar-refractivity contribution >= 4 is 11.8 Å². The summed E-state index contributed by atoms with van der Waals surface area (Å²) in [6, 6.07) is -0.879. The summed E-state index contributed by atoms with van der Waals surface area (Å²) in [6.07, 6.45) is -1.35. The predicted molar refractivity (Wildman–Crippen MR) is 46.6 cm³/mol. The molecule has 0 aromatic carbocycles. The lowest BCUT2D eigenvalue weighted by Crippen LogP contribution is -2.37. The van der Waals surface area contributed by atoms with E-state index in [0.717, 1.165) is 0 Å². The van der Waals surface area contributed by atoms with Crippen LogP contribution in [0.4, 0.5) is 4.39 Å². The van der Waals surface area contributed by atoms with Crippen molar-refractivity contribution in [1.29, 1.82) is 0 Å². The number of rotatable bonds is 7. The number of ether oxygens (including phenoxy) is 1. The number of aliphatic carboxylic acids is 1. The first-order valence-corrected chi connectivity index (χ1v) is 4.15. The van der Waals surface area contributed by atoms with Gasteiger partial charge < -0.3 is 15.6 Å². The van der Waals surface area contributed by atoms with Crippen LogP contribution in [0.2, 0.25) is 0 Å². The van der Waals surface area contributed by atoms with Gasteiger partial charge in [-0.2, -0.15) is 0 Å². The fourth-order valence-electron chi connectivity index (χ4n) is 0.824. The van der Waals surface area contributed by atoms with E-state index >= 15 is 0 Å². The number of Topliss-reactive ketones (excluding diaryl/α,β-unsaturated/α-hetero) is 1. The van der Waals surface area contributed by atoms with Gasteiger partial charge in [0.25, 0.3) is 0 Å². The van der Waals surface area contributed by atoms with Gasteiger partial charge in [-0.25, -0.2) is 9.18 Å². The number of hydrogen-bond donors (Lipinski definition) is 2. The topological polar surface area (TPSA) is 89.6 Å². The molecule has 0 fully saturated rings. The highest BCUT2D eigenvalue weighted by Gasteiger charge is 2.23. The molecule has 2 unspecified atom stereocenters. The average molecular weight is 206 g/mol. The van der Waals surface area contributed by atoms with Crippen LogP contribution in [0.5, 0.6) is 0 Å². The Morgan fingerprint density at radius 1 is 1.57 bits per heavy atom. The number of hydrogen-bond acceptors (Lipinski definition) is 4. The van der Waals surface area contributed by atoms with Gasteiger partial charge >= 0.3 is 5.97 Å². The smallest absolute Gasteiger partial charge is 0.332 e. The minimum atomic E-state index is -1.24. The fraction of sp³-hybridized carbons (Fsp3) is 0.750. The molecular weight excluding hydrogens is 192 g/mol. The Labute approximate surface area is 81.0 Å². The van der Waals surface area contributed by atoms with Gasteiger partial charge in [0, 0.05) is 6.42 Å². The fourth-order valence-corrected chi connectivity index (χ4v) is 0.824.